The number of anilines is 1. The van der Waals surface area contributed by atoms with Gasteiger partial charge >= 0.3 is 6.18 Å². The summed E-state index contributed by atoms with van der Waals surface area (Å²) in [7, 11) is -4.04. The molecule has 0 aromatic carbocycles. The summed E-state index contributed by atoms with van der Waals surface area (Å²) < 4.78 is 62.8. The fourth-order valence-electron chi connectivity index (χ4n) is 2.79. The predicted molar refractivity (Wildman–Crippen MR) is 130 cm³/mol. The Labute approximate surface area is 218 Å². The minimum absolute atomic E-state index is 0.0289. The summed E-state index contributed by atoms with van der Waals surface area (Å²) in [5.41, 5.74) is 1.53. The number of nitrogens with zero attached hydrogens (tertiary/aromatic N) is 2. The van der Waals surface area contributed by atoms with E-state index in [1.165, 1.54) is 18.5 Å². The standard InChI is InChI=1S/C21H20ClF3N6O4S2/c22-16-10-14(21(23,24)25)11-28-19(16)27-7-1-2-17(32)30-31-37(34,35)18-4-3-15(36-18)12-29-20(33)13-5-8-26-9-6-13/h3-6,8-11,31H,1-2,7,12H2,(H,27,28)(H,29,33)(H,30,32). The molecule has 10 nitrogen and oxygen atoms in total. The van der Waals surface area contributed by atoms with Crippen molar-refractivity contribution < 1.29 is 31.2 Å². The van der Waals surface area contributed by atoms with Crippen molar-refractivity contribution in [2.45, 2.75) is 29.8 Å². The summed E-state index contributed by atoms with van der Waals surface area (Å²) in [5, 5.41) is 5.17. The van der Waals surface area contributed by atoms with Crippen LogP contribution in [0.15, 0.2) is 53.1 Å². The van der Waals surface area contributed by atoms with Gasteiger partial charge in [0.15, 0.2) is 0 Å². The Bertz CT molecular complexity index is 1350. The molecule has 0 aliphatic heterocycles. The summed E-state index contributed by atoms with van der Waals surface area (Å²) in [6, 6.07) is 6.72. The third-order valence-electron chi connectivity index (χ3n) is 4.63. The largest absolute Gasteiger partial charge is 0.417 e. The topological polar surface area (TPSA) is 142 Å². The van der Waals surface area contributed by atoms with Crippen LogP contribution >= 0.6 is 22.9 Å². The Morgan fingerprint density at radius 2 is 1.84 bits per heavy atom. The number of carbonyl (C=O) groups is 2. The smallest absolute Gasteiger partial charge is 0.369 e. The van der Waals surface area contributed by atoms with Crippen molar-refractivity contribution in [2.75, 3.05) is 11.9 Å². The van der Waals surface area contributed by atoms with E-state index in [2.05, 4.69) is 26.0 Å². The summed E-state index contributed by atoms with van der Waals surface area (Å²) in [6.07, 6.45) is -0.847. The van der Waals surface area contributed by atoms with Gasteiger partial charge in [-0.1, -0.05) is 11.6 Å². The first kappa shape index (κ1) is 28.3. The Balaban J connectivity index is 1.40. The fourth-order valence-corrected chi connectivity index (χ4v) is 5.18. The zero-order valence-corrected chi connectivity index (χ0v) is 21.2. The Kier molecular flexibility index (Phi) is 9.42. The summed E-state index contributed by atoms with van der Waals surface area (Å²) in [4.78, 5) is 34.1. The van der Waals surface area contributed by atoms with Crippen LogP contribution in [0.25, 0.3) is 0 Å². The molecule has 3 heterocycles. The second kappa shape index (κ2) is 12.3. The number of alkyl halides is 3. The van der Waals surface area contributed by atoms with Gasteiger partial charge in [-0.05, 0) is 36.8 Å². The first-order chi connectivity index (χ1) is 17.5. The lowest BCUT2D eigenvalue weighted by molar-refractivity contribution is -0.137. The van der Waals surface area contributed by atoms with Crippen LogP contribution in [-0.4, -0.2) is 36.7 Å². The number of hydrazine groups is 1. The molecule has 16 heteroatoms. The molecule has 198 valence electrons. The van der Waals surface area contributed by atoms with E-state index in [0.29, 0.717) is 16.6 Å². The number of carbonyl (C=O) groups excluding carboxylic acids is 2. The van der Waals surface area contributed by atoms with Crippen molar-refractivity contribution in [3.63, 3.8) is 0 Å². The molecule has 2 amide bonds. The molecule has 0 atom stereocenters. The average molecular weight is 577 g/mol. The van der Waals surface area contributed by atoms with Gasteiger partial charge in [-0.15, -0.1) is 16.2 Å². The van der Waals surface area contributed by atoms with Gasteiger partial charge in [0.25, 0.3) is 15.9 Å². The van der Waals surface area contributed by atoms with Gasteiger partial charge in [0.05, 0.1) is 17.1 Å². The number of nitrogens with one attached hydrogen (secondary N) is 4. The quantitative estimate of drug-likeness (QED) is 0.203. The number of hydrogen-bond donors (Lipinski definition) is 4. The van der Waals surface area contributed by atoms with E-state index in [1.54, 1.807) is 18.2 Å². The van der Waals surface area contributed by atoms with Crippen molar-refractivity contribution in [3.8, 4) is 0 Å². The van der Waals surface area contributed by atoms with Gasteiger partial charge in [-0.2, -0.15) is 13.2 Å². The lowest BCUT2D eigenvalue weighted by atomic mass is 10.2. The number of sulfonamides is 1. The maximum Gasteiger partial charge on any atom is 0.417 e. The molecule has 0 aliphatic rings. The number of pyridine rings is 2. The molecule has 0 spiro atoms. The van der Waals surface area contributed by atoms with E-state index in [4.69, 9.17) is 11.6 Å². The zero-order chi connectivity index (χ0) is 27.1. The molecule has 3 aromatic rings. The van der Waals surface area contributed by atoms with E-state index < -0.39 is 27.7 Å². The molecule has 0 radical (unpaired) electrons. The highest BCUT2D eigenvalue weighted by atomic mass is 35.5. The van der Waals surface area contributed by atoms with Crippen molar-refractivity contribution in [1.29, 1.82) is 0 Å². The van der Waals surface area contributed by atoms with Crippen LogP contribution in [0.1, 0.15) is 33.6 Å². The second-order valence-corrected chi connectivity index (χ2v) is 10.9. The average Bonchev–Trinajstić information content (AvgIpc) is 3.35. The number of amides is 2. The van der Waals surface area contributed by atoms with Crippen molar-refractivity contribution in [1.82, 2.24) is 25.5 Å². The van der Waals surface area contributed by atoms with Crippen LogP contribution in [0.4, 0.5) is 19.0 Å². The molecule has 3 aromatic heterocycles. The van der Waals surface area contributed by atoms with Crippen LogP contribution in [-0.2, 0) is 27.5 Å². The highest BCUT2D eigenvalue weighted by molar-refractivity contribution is 7.91. The van der Waals surface area contributed by atoms with E-state index in [-0.39, 0.29) is 46.9 Å². The molecule has 3 rings (SSSR count). The second-order valence-electron chi connectivity index (χ2n) is 7.38. The zero-order valence-electron chi connectivity index (χ0n) is 18.8. The maximum absolute atomic E-state index is 12.7. The van der Waals surface area contributed by atoms with Crippen molar-refractivity contribution in [2.24, 2.45) is 0 Å². The van der Waals surface area contributed by atoms with Gasteiger partial charge in [0.1, 0.15) is 10.0 Å². The summed E-state index contributed by atoms with van der Waals surface area (Å²) in [6.45, 7) is 0.260. The monoisotopic (exact) mass is 576 g/mol. The lowest BCUT2D eigenvalue weighted by Crippen LogP contribution is -2.41. The third-order valence-corrected chi connectivity index (χ3v) is 7.75. The number of aromatic nitrogens is 2. The van der Waals surface area contributed by atoms with Crippen LogP contribution in [0.3, 0.4) is 0 Å². The van der Waals surface area contributed by atoms with Gasteiger partial charge < -0.3 is 10.6 Å². The summed E-state index contributed by atoms with van der Waals surface area (Å²) in [5.74, 6) is -0.934. The molecule has 4 N–H and O–H groups in total. The van der Waals surface area contributed by atoms with Gasteiger partial charge in [0, 0.05) is 42.0 Å². The number of halogens is 4. The molecule has 37 heavy (non-hydrogen) atoms. The van der Waals surface area contributed by atoms with E-state index in [9.17, 15) is 31.2 Å². The normalized spacial score (nSPS) is 11.7. The Morgan fingerprint density at radius 3 is 2.51 bits per heavy atom. The first-order valence-corrected chi connectivity index (χ1v) is 13.2. The van der Waals surface area contributed by atoms with Crippen LogP contribution < -0.4 is 20.9 Å². The van der Waals surface area contributed by atoms with Crippen molar-refractivity contribution >= 4 is 50.6 Å². The lowest BCUT2D eigenvalue weighted by Gasteiger charge is -2.11. The van der Waals surface area contributed by atoms with E-state index in [0.717, 1.165) is 17.4 Å². The molecule has 0 bridgehead atoms. The van der Waals surface area contributed by atoms with Crippen LogP contribution in [0, 0.1) is 0 Å². The summed E-state index contributed by atoms with van der Waals surface area (Å²) >= 11 is 6.72. The molecular weight excluding hydrogens is 557 g/mol. The van der Waals surface area contributed by atoms with Gasteiger partial charge in [-0.25, -0.2) is 13.4 Å². The minimum atomic E-state index is -4.57. The van der Waals surface area contributed by atoms with Crippen molar-refractivity contribution in [3.05, 3.63) is 69.9 Å². The fraction of sp³-hybridized carbons (Fsp3) is 0.238. The molecule has 0 aliphatic carbocycles. The van der Waals surface area contributed by atoms with Gasteiger partial charge in [0.2, 0.25) is 5.91 Å². The molecule has 0 fully saturated rings. The Hall–Kier alpha value is -3.27. The number of thiophene rings is 1. The van der Waals surface area contributed by atoms with Gasteiger partial charge in [-0.3, -0.25) is 20.0 Å². The third kappa shape index (κ3) is 8.38. The van der Waals surface area contributed by atoms with E-state index >= 15 is 0 Å². The highest BCUT2D eigenvalue weighted by Gasteiger charge is 2.31. The number of hydrogen-bond acceptors (Lipinski definition) is 8. The molecule has 0 saturated carbocycles. The van der Waals surface area contributed by atoms with Crippen LogP contribution in [0.2, 0.25) is 5.02 Å². The highest BCUT2D eigenvalue weighted by Crippen LogP contribution is 2.32. The minimum Gasteiger partial charge on any atom is -0.369 e. The molecular formula is C21H20ClF3N6O4S2. The van der Waals surface area contributed by atoms with Crippen LogP contribution in [0.5, 0.6) is 0 Å². The predicted octanol–water partition coefficient (Wildman–Crippen LogP) is 3.34. The number of rotatable bonds is 11. The maximum atomic E-state index is 12.7. The Morgan fingerprint density at radius 1 is 1.11 bits per heavy atom. The molecule has 0 saturated heterocycles. The molecule has 0 unspecified atom stereocenters. The first-order valence-electron chi connectivity index (χ1n) is 10.5. The van der Waals surface area contributed by atoms with E-state index in [1.807, 2.05) is 4.83 Å². The SMILES string of the molecule is O=C(CCCNc1ncc(C(F)(F)F)cc1Cl)NNS(=O)(=O)c1ccc(CNC(=O)c2ccncc2)s1.